The molecule has 0 unspecified atom stereocenters. The van der Waals surface area contributed by atoms with Crippen molar-refractivity contribution in [1.82, 2.24) is 5.32 Å². The monoisotopic (exact) mass is 169 g/mol. The molecule has 1 N–H and O–H groups in total. The summed E-state index contributed by atoms with van der Waals surface area (Å²) in [6.45, 7) is 3.50. The smallest absolute Gasteiger partial charge is 0.315 e. The third kappa shape index (κ3) is 6.16. The molecule has 0 fully saturated rings. The fourth-order valence-corrected chi connectivity index (χ4v) is 0.579. The van der Waals surface area contributed by atoms with E-state index in [2.05, 4.69) is 5.32 Å². The first-order chi connectivity index (χ1) is 4.77. The molecule has 11 heavy (non-hydrogen) atoms. The van der Waals surface area contributed by atoms with Crippen LogP contribution in [0.1, 0.15) is 26.7 Å². The molecule has 0 aromatic rings. The highest BCUT2D eigenvalue weighted by Gasteiger charge is 2.30. The predicted molar refractivity (Wildman–Crippen MR) is 38.4 cm³/mol. The highest BCUT2D eigenvalue weighted by molar-refractivity contribution is 4.76. The van der Waals surface area contributed by atoms with E-state index in [0.29, 0.717) is 0 Å². The maximum Gasteiger partial charge on any atom is 0.389 e. The van der Waals surface area contributed by atoms with Crippen LogP contribution in [0.4, 0.5) is 13.2 Å². The van der Waals surface area contributed by atoms with E-state index in [0.717, 1.165) is 0 Å². The number of hydrogen-bond donors (Lipinski definition) is 1. The Morgan fingerprint density at radius 1 is 1.09 bits per heavy atom. The molecular weight excluding hydrogens is 155 g/mol. The van der Waals surface area contributed by atoms with Crippen molar-refractivity contribution >= 4 is 0 Å². The molecule has 0 atom stereocenters. The van der Waals surface area contributed by atoms with Gasteiger partial charge in [-0.3, -0.25) is 0 Å². The van der Waals surface area contributed by atoms with Crippen LogP contribution in [0.5, 0.6) is 0 Å². The first kappa shape index (κ1) is 10.8. The van der Waals surface area contributed by atoms with Gasteiger partial charge < -0.3 is 5.32 Å². The lowest BCUT2D eigenvalue weighted by atomic mass is 9.99. The van der Waals surface area contributed by atoms with E-state index in [1.807, 2.05) is 0 Å². The van der Waals surface area contributed by atoms with Crippen molar-refractivity contribution in [3.63, 3.8) is 0 Å². The molecule has 0 aromatic carbocycles. The number of hydrogen-bond acceptors (Lipinski definition) is 1. The zero-order valence-corrected chi connectivity index (χ0v) is 7.05. The Balaban J connectivity index is 3.70. The molecule has 0 heterocycles. The van der Waals surface area contributed by atoms with Crippen LogP contribution in [0.2, 0.25) is 0 Å². The second-order valence-electron chi connectivity index (χ2n) is 3.25. The molecule has 0 bridgehead atoms. The number of halogens is 3. The van der Waals surface area contributed by atoms with Gasteiger partial charge in [0.15, 0.2) is 0 Å². The summed E-state index contributed by atoms with van der Waals surface area (Å²) in [5.74, 6) is 0. The first-order valence-corrected chi connectivity index (χ1v) is 3.52. The predicted octanol–water partition coefficient (Wildman–Crippen LogP) is 2.33. The van der Waals surface area contributed by atoms with E-state index in [4.69, 9.17) is 0 Å². The average molecular weight is 169 g/mol. The molecule has 0 aromatic heterocycles. The minimum Gasteiger partial charge on any atom is -0.315 e. The van der Waals surface area contributed by atoms with E-state index < -0.39 is 18.1 Å². The summed E-state index contributed by atoms with van der Waals surface area (Å²) >= 11 is 0. The van der Waals surface area contributed by atoms with E-state index in [1.54, 1.807) is 20.9 Å². The molecular formula is C7H14F3N. The van der Waals surface area contributed by atoms with Gasteiger partial charge in [0.05, 0.1) is 0 Å². The van der Waals surface area contributed by atoms with Crippen molar-refractivity contribution in [2.24, 2.45) is 0 Å². The lowest BCUT2D eigenvalue weighted by Gasteiger charge is -2.24. The summed E-state index contributed by atoms with van der Waals surface area (Å²) in [5, 5.41) is 2.81. The Kier molecular flexibility index (Phi) is 3.35. The molecule has 0 radical (unpaired) electrons. The molecule has 68 valence electrons. The quantitative estimate of drug-likeness (QED) is 0.683. The van der Waals surface area contributed by atoms with E-state index in [1.165, 1.54) is 0 Å². The van der Waals surface area contributed by atoms with Crippen LogP contribution >= 0.6 is 0 Å². The fraction of sp³-hybridized carbons (Fsp3) is 1.00. The van der Waals surface area contributed by atoms with Crippen molar-refractivity contribution in [1.29, 1.82) is 0 Å². The SMILES string of the molecule is CNC(C)(C)CCC(F)(F)F. The van der Waals surface area contributed by atoms with Gasteiger partial charge in [-0.1, -0.05) is 0 Å². The van der Waals surface area contributed by atoms with Crippen LogP contribution in [-0.2, 0) is 0 Å². The van der Waals surface area contributed by atoms with Gasteiger partial charge in [0.1, 0.15) is 0 Å². The van der Waals surface area contributed by atoms with Crippen LogP contribution in [0.3, 0.4) is 0 Å². The zero-order valence-electron chi connectivity index (χ0n) is 7.05. The van der Waals surface area contributed by atoms with Crippen molar-refractivity contribution in [2.45, 2.75) is 38.4 Å². The summed E-state index contributed by atoms with van der Waals surface area (Å²) in [6, 6.07) is 0. The van der Waals surface area contributed by atoms with Gasteiger partial charge in [0.2, 0.25) is 0 Å². The normalized spacial score (nSPS) is 13.6. The van der Waals surface area contributed by atoms with Gasteiger partial charge in [-0.05, 0) is 27.3 Å². The van der Waals surface area contributed by atoms with E-state index in [9.17, 15) is 13.2 Å². The molecule has 4 heteroatoms. The second kappa shape index (κ2) is 3.43. The molecule has 0 aliphatic heterocycles. The molecule has 0 spiro atoms. The fourth-order valence-electron chi connectivity index (χ4n) is 0.579. The van der Waals surface area contributed by atoms with Crippen molar-refractivity contribution in [3.8, 4) is 0 Å². The van der Waals surface area contributed by atoms with Crippen LogP contribution in [-0.4, -0.2) is 18.8 Å². The van der Waals surface area contributed by atoms with E-state index in [-0.39, 0.29) is 6.42 Å². The molecule has 0 rings (SSSR count). The molecule has 0 amide bonds. The Labute approximate surface area is 65.0 Å². The lowest BCUT2D eigenvalue weighted by Crippen LogP contribution is -2.37. The van der Waals surface area contributed by atoms with Crippen LogP contribution in [0.15, 0.2) is 0 Å². The minimum atomic E-state index is -4.03. The van der Waals surface area contributed by atoms with Crippen LogP contribution in [0, 0.1) is 0 Å². The number of rotatable bonds is 3. The largest absolute Gasteiger partial charge is 0.389 e. The molecule has 0 aliphatic rings. The summed E-state index contributed by atoms with van der Waals surface area (Å²) in [6.07, 6.45) is -4.64. The maximum absolute atomic E-state index is 11.7. The van der Waals surface area contributed by atoms with Crippen molar-refractivity contribution in [3.05, 3.63) is 0 Å². The van der Waals surface area contributed by atoms with Gasteiger partial charge >= 0.3 is 6.18 Å². The molecule has 0 aliphatic carbocycles. The van der Waals surface area contributed by atoms with Gasteiger partial charge in [0.25, 0.3) is 0 Å². The topological polar surface area (TPSA) is 12.0 Å². The van der Waals surface area contributed by atoms with Gasteiger partial charge in [-0.15, -0.1) is 0 Å². The Morgan fingerprint density at radius 2 is 1.55 bits per heavy atom. The zero-order chi connectivity index (χ0) is 9.12. The standard InChI is InChI=1S/C7H14F3N/c1-6(2,11-3)4-5-7(8,9)10/h11H,4-5H2,1-3H3. The third-order valence-electron chi connectivity index (χ3n) is 1.71. The minimum absolute atomic E-state index is 0.118. The average Bonchev–Trinajstić information content (AvgIpc) is 1.83. The first-order valence-electron chi connectivity index (χ1n) is 3.52. The van der Waals surface area contributed by atoms with Gasteiger partial charge in [0, 0.05) is 12.0 Å². The van der Waals surface area contributed by atoms with E-state index >= 15 is 0 Å². The second-order valence-corrected chi connectivity index (χ2v) is 3.25. The summed E-state index contributed by atoms with van der Waals surface area (Å²) in [4.78, 5) is 0. The Hall–Kier alpha value is -0.250. The molecule has 0 saturated carbocycles. The third-order valence-corrected chi connectivity index (χ3v) is 1.71. The summed E-state index contributed by atoms with van der Waals surface area (Å²) in [7, 11) is 1.66. The molecule has 1 nitrogen and oxygen atoms in total. The van der Waals surface area contributed by atoms with Gasteiger partial charge in [-0.2, -0.15) is 13.2 Å². The number of nitrogens with one attached hydrogen (secondary N) is 1. The van der Waals surface area contributed by atoms with Crippen molar-refractivity contribution in [2.75, 3.05) is 7.05 Å². The highest BCUT2D eigenvalue weighted by atomic mass is 19.4. The van der Waals surface area contributed by atoms with Gasteiger partial charge in [-0.25, -0.2) is 0 Å². The van der Waals surface area contributed by atoms with Crippen molar-refractivity contribution < 1.29 is 13.2 Å². The van der Waals surface area contributed by atoms with Crippen LogP contribution < -0.4 is 5.32 Å². The van der Waals surface area contributed by atoms with Crippen LogP contribution in [0.25, 0.3) is 0 Å². The Bertz CT molecular complexity index is 117. The lowest BCUT2D eigenvalue weighted by molar-refractivity contribution is -0.138. The Morgan fingerprint density at radius 3 is 1.82 bits per heavy atom. The molecule has 0 saturated heterocycles. The maximum atomic E-state index is 11.7. The summed E-state index contributed by atoms with van der Waals surface area (Å²) < 4.78 is 35.1. The highest BCUT2D eigenvalue weighted by Crippen LogP contribution is 2.25. The summed E-state index contributed by atoms with van der Waals surface area (Å²) in [5.41, 5.74) is -0.421. The number of alkyl halides is 3.